The van der Waals surface area contributed by atoms with Crippen molar-refractivity contribution in [1.82, 2.24) is 0 Å². The quantitative estimate of drug-likeness (QED) is 0.755. The average molecular weight is 244 g/mol. The van der Waals surface area contributed by atoms with Gasteiger partial charge in [-0.3, -0.25) is 4.79 Å². The standard InChI is InChI=1S/C16H20O2/c1-11(17)15-4-2-3-5-16(15)18-10-14-9-12-6-7-13(14)8-12/h2-5,12-14H,6-10H2,1H3. The van der Waals surface area contributed by atoms with E-state index in [1.807, 2.05) is 24.3 Å². The summed E-state index contributed by atoms with van der Waals surface area (Å²) in [6.45, 7) is 2.38. The number of hydrogen-bond donors (Lipinski definition) is 0. The second-order valence-corrected chi connectivity index (χ2v) is 5.80. The number of rotatable bonds is 4. The van der Waals surface area contributed by atoms with Crippen LogP contribution in [0.4, 0.5) is 0 Å². The number of para-hydroxylation sites is 1. The Morgan fingerprint density at radius 2 is 2.11 bits per heavy atom. The van der Waals surface area contributed by atoms with Crippen molar-refractivity contribution < 1.29 is 9.53 Å². The predicted molar refractivity (Wildman–Crippen MR) is 70.9 cm³/mol. The van der Waals surface area contributed by atoms with Crippen LogP contribution < -0.4 is 4.74 Å². The Kier molecular flexibility index (Phi) is 3.11. The second-order valence-electron chi connectivity index (χ2n) is 5.80. The van der Waals surface area contributed by atoms with Gasteiger partial charge in [0.2, 0.25) is 0 Å². The molecule has 0 aromatic heterocycles. The zero-order valence-electron chi connectivity index (χ0n) is 10.9. The third-order valence-electron chi connectivity index (χ3n) is 4.60. The van der Waals surface area contributed by atoms with Gasteiger partial charge in [-0.05, 0) is 56.1 Å². The van der Waals surface area contributed by atoms with Crippen molar-refractivity contribution in [2.45, 2.75) is 32.6 Å². The van der Waals surface area contributed by atoms with Crippen molar-refractivity contribution in [3.63, 3.8) is 0 Å². The van der Waals surface area contributed by atoms with Crippen LogP contribution in [0.2, 0.25) is 0 Å². The number of ketones is 1. The van der Waals surface area contributed by atoms with Gasteiger partial charge < -0.3 is 4.74 Å². The Bertz CT molecular complexity index is 452. The lowest BCUT2D eigenvalue weighted by atomic mass is 9.89. The molecule has 2 nitrogen and oxygen atoms in total. The van der Waals surface area contributed by atoms with Gasteiger partial charge in [0.25, 0.3) is 0 Å². The highest BCUT2D eigenvalue weighted by Crippen LogP contribution is 2.48. The Hall–Kier alpha value is -1.31. The molecule has 2 aliphatic rings. The van der Waals surface area contributed by atoms with Crippen LogP contribution in [0, 0.1) is 17.8 Å². The molecule has 0 aliphatic heterocycles. The van der Waals surface area contributed by atoms with Gasteiger partial charge in [-0.25, -0.2) is 0 Å². The number of hydrogen-bond acceptors (Lipinski definition) is 2. The molecular formula is C16H20O2. The van der Waals surface area contributed by atoms with Crippen LogP contribution in [0.3, 0.4) is 0 Å². The number of carbonyl (C=O) groups is 1. The van der Waals surface area contributed by atoms with Gasteiger partial charge in [-0.15, -0.1) is 0 Å². The van der Waals surface area contributed by atoms with Crippen LogP contribution in [0.1, 0.15) is 43.0 Å². The zero-order valence-corrected chi connectivity index (χ0v) is 10.9. The third kappa shape index (κ3) is 2.16. The molecule has 2 aliphatic carbocycles. The fourth-order valence-corrected chi connectivity index (χ4v) is 3.66. The number of carbonyl (C=O) groups excluding carboxylic acids is 1. The maximum atomic E-state index is 11.5. The normalized spacial score (nSPS) is 29.5. The molecule has 2 heteroatoms. The molecule has 0 spiro atoms. The lowest BCUT2D eigenvalue weighted by molar-refractivity contribution is 0.101. The molecule has 2 saturated carbocycles. The van der Waals surface area contributed by atoms with E-state index in [-0.39, 0.29) is 5.78 Å². The Balaban J connectivity index is 1.65. The minimum atomic E-state index is 0.0820. The molecule has 0 radical (unpaired) electrons. The molecule has 3 unspecified atom stereocenters. The molecule has 3 atom stereocenters. The molecule has 0 heterocycles. The summed E-state index contributed by atoms with van der Waals surface area (Å²) in [5.74, 6) is 3.38. The van der Waals surface area contributed by atoms with E-state index < -0.39 is 0 Å². The van der Waals surface area contributed by atoms with E-state index >= 15 is 0 Å². The van der Waals surface area contributed by atoms with Gasteiger partial charge in [-0.1, -0.05) is 18.6 Å². The Morgan fingerprint density at radius 1 is 1.28 bits per heavy atom. The van der Waals surface area contributed by atoms with Crippen LogP contribution in [-0.4, -0.2) is 12.4 Å². The fraction of sp³-hybridized carbons (Fsp3) is 0.562. The van der Waals surface area contributed by atoms with Gasteiger partial charge in [0, 0.05) is 0 Å². The van der Waals surface area contributed by atoms with E-state index in [9.17, 15) is 4.79 Å². The summed E-state index contributed by atoms with van der Waals surface area (Å²) >= 11 is 0. The molecule has 2 fully saturated rings. The average Bonchev–Trinajstić information content (AvgIpc) is 2.98. The van der Waals surface area contributed by atoms with Crippen LogP contribution in [0.5, 0.6) is 5.75 Å². The maximum absolute atomic E-state index is 11.5. The van der Waals surface area contributed by atoms with Gasteiger partial charge in [0.05, 0.1) is 12.2 Å². The molecule has 1 aromatic carbocycles. The maximum Gasteiger partial charge on any atom is 0.163 e. The van der Waals surface area contributed by atoms with Crippen LogP contribution >= 0.6 is 0 Å². The summed E-state index contributed by atoms with van der Waals surface area (Å²) in [4.78, 5) is 11.5. The van der Waals surface area contributed by atoms with Gasteiger partial charge >= 0.3 is 0 Å². The first kappa shape index (κ1) is 11.8. The molecular weight excluding hydrogens is 224 g/mol. The summed E-state index contributed by atoms with van der Waals surface area (Å²) in [7, 11) is 0. The Labute approximate surface area is 108 Å². The molecule has 0 amide bonds. The lowest BCUT2D eigenvalue weighted by Crippen LogP contribution is -2.19. The molecule has 1 aromatic rings. The largest absolute Gasteiger partial charge is 0.493 e. The van der Waals surface area contributed by atoms with E-state index in [4.69, 9.17) is 4.74 Å². The molecule has 0 N–H and O–H groups in total. The fourth-order valence-electron chi connectivity index (χ4n) is 3.66. The number of benzene rings is 1. The van der Waals surface area contributed by atoms with E-state index in [0.29, 0.717) is 11.5 Å². The van der Waals surface area contributed by atoms with E-state index in [1.54, 1.807) is 6.92 Å². The third-order valence-corrected chi connectivity index (χ3v) is 4.60. The van der Waals surface area contributed by atoms with E-state index in [1.165, 1.54) is 25.7 Å². The summed E-state index contributed by atoms with van der Waals surface area (Å²) < 4.78 is 5.91. The first-order valence-corrected chi connectivity index (χ1v) is 6.97. The first-order valence-electron chi connectivity index (χ1n) is 6.97. The van der Waals surface area contributed by atoms with Crippen molar-refractivity contribution in [2.75, 3.05) is 6.61 Å². The number of ether oxygens (including phenoxy) is 1. The number of fused-ring (bicyclic) bond motifs is 2. The summed E-state index contributed by atoms with van der Waals surface area (Å²) in [6, 6.07) is 7.58. The SMILES string of the molecule is CC(=O)c1ccccc1OCC1CC2CCC1C2. The number of Topliss-reactive ketones (excluding diaryl/α,β-unsaturated/α-hetero) is 1. The van der Waals surface area contributed by atoms with E-state index in [2.05, 4.69) is 0 Å². The van der Waals surface area contributed by atoms with Crippen LogP contribution in [-0.2, 0) is 0 Å². The molecule has 3 rings (SSSR count). The second kappa shape index (κ2) is 4.75. The molecule has 0 saturated heterocycles. The van der Waals surface area contributed by atoms with E-state index in [0.717, 1.165) is 24.2 Å². The topological polar surface area (TPSA) is 26.3 Å². The summed E-state index contributed by atoms with van der Waals surface area (Å²) in [6.07, 6.45) is 5.54. The Morgan fingerprint density at radius 3 is 2.78 bits per heavy atom. The highest BCUT2D eigenvalue weighted by Gasteiger charge is 2.39. The van der Waals surface area contributed by atoms with Crippen molar-refractivity contribution in [2.24, 2.45) is 17.8 Å². The highest BCUT2D eigenvalue weighted by atomic mass is 16.5. The van der Waals surface area contributed by atoms with Crippen LogP contribution in [0.25, 0.3) is 0 Å². The monoisotopic (exact) mass is 244 g/mol. The smallest absolute Gasteiger partial charge is 0.163 e. The predicted octanol–water partition coefficient (Wildman–Crippen LogP) is 3.70. The molecule has 96 valence electrons. The summed E-state index contributed by atoms with van der Waals surface area (Å²) in [5.41, 5.74) is 0.709. The van der Waals surface area contributed by atoms with Crippen molar-refractivity contribution in [1.29, 1.82) is 0 Å². The minimum absolute atomic E-state index is 0.0820. The van der Waals surface area contributed by atoms with Crippen LogP contribution in [0.15, 0.2) is 24.3 Å². The van der Waals surface area contributed by atoms with Crippen molar-refractivity contribution >= 4 is 5.78 Å². The van der Waals surface area contributed by atoms with Gasteiger partial charge in [-0.2, -0.15) is 0 Å². The highest BCUT2D eigenvalue weighted by molar-refractivity contribution is 5.96. The lowest BCUT2D eigenvalue weighted by Gasteiger charge is -2.22. The van der Waals surface area contributed by atoms with Gasteiger partial charge in [0.1, 0.15) is 5.75 Å². The molecule has 18 heavy (non-hydrogen) atoms. The zero-order chi connectivity index (χ0) is 12.5. The summed E-state index contributed by atoms with van der Waals surface area (Å²) in [5, 5.41) is 0. The molecule has 2 bridgehead atoms. The first-order chi connectivity index (χ1) is 8.74. The van der Waals surface area contributed by atoms with Gasteiger partial charge in [0.15, 0.2) is 5.78 Å². The van der Waals surface area contributed by atoms with Crippen molar-refractivity contribution in [3.05, 3.63) is 29.8 Å². The van der Waals surface area contributed by atoms with Crippen molar-refractivity contribution in [3.8, 4) is 5.75 Å². The minimum Gasteiger partial charge on any atom is -0.493 e.